The number of hydrogen-bond donors (Lipinski definition) is 0. The van der Waals surface area contributed by atoms with Gasteiger partial charge in [0.1, 0.15) is 0 Å². The third-order valence-electron chi connectivity index (χ3n) is 9.39. The van der Waals surface area contributed by atoms with Gasteiger partial charge in [-0.15, -0.1) is 11.1 Å². The molecule has 0 aromatic heterocycles. The number of hydrogen-bond acceptors (Lipinski definition) is 0. The number of benzene rings is 1. The lowest BCUT2D eigenvalue weighted by atomic mass is 10.0. The van der Waals surface area contributed by atoms with Gasteiger partial charge in [0.15, 0.2) is 0 Å². The van der Waals surface area contributed by atoms with Crippen molar-refractivity contribution >= 4 is 23.6 Å². The highest BCUT2D eigenvalue weighted by Crippen LogP contribution is 2.18. The monoisotopic (exact) mass is 643 g/mol. The minimum absolute atomic E-state index is 1.17. The fraction of sp³-hybridized carbons (Fsp3) is 0.762. The molecule has 0 heterocycles. The maximum Gasteiger partial charge on any atom is 0.233 e. The zero-order valence-corrected chi connectivity index (χ0v) is 31.5. The Hall–Kier alpha value is -0.793. The van der Waals surface area contributed by atoms with Crippen LogP contribution in [0.25, 0.3) is 0 Å². The molecule has 0 radical (unpaired) electrons. The molecule has 0 amide bonds. The molecule has 0 spiro atoms. The van der Waals surface area contributed by atoms with Crippen molar-refractivity contribution in [1.82, 2.24) is 0 Å². The second-order valence-electron chi connectivity index (χ2n) is 13.7. The van der Waals surface area contributed by atoms with Gasteiger partial charge in [0.05, 0.1) is 0 Å². The number of allylic oxidation sites excluding steroid dienone is 2. The highest BCUT2D eigenvalue weighted by molar-refractivity contribution is 7.32. The first kappa shape index (κ1) is 41.2. The van der Waals surface area contributed by atoms with Crippen molar-refractivity contribution < 1.29 is 0 Å². The molecule has 2 heteroatoms. The molecule has 0 atom stereocenters. The van der Waals surface area contributed by atoms with E-state index < -0.39 is 7.38 Å². The van der Waals surface area contributed by atoms with Gasteiger partial charge >= 0.3 is 0 Å². The van der Waals surface area contributed by atoms with Crippen molar-refractivity contribution in [2.75, 3.05) is 0 Å². The molecule has 0 aliphatic rings. The average molecular weight is 644 g/mol. The van der Waals surface area contributed by atoms with E-state index in [0.29, 0.717) is 0 Å². The Labute approximate surface area is 283 Å². The van der Waals surface area contributed by atoms with E-state index in [1.807, 2.05) is 0 Å². The fourth-order valence-electron chi connectivity index (χ4n) is 6.36. The van der Waals surface area contributed by atoms with Crippen molar-refractivity contribution in [2.45, 2.75) is 206 Å². The Kier molecular flexibility index (Phi) is 30.1. The molecule has 0 bridgehead atoms. The van der Waals surface area contributed by atoms with Crippen LogP contribution >= 0.6 is 11.1 Å². The van der Waals surface area contributed by atoms with Gasteiger partial charge in [-0.3, -0.25) is 0 Å². The van der Waals surface area contributed by atoms with Crippen LogP contribution in [-0.4, -0.2) is 7.38 Å². The summed E-state index contributed by atoms with van der Waals surface area (Å²) in [4.78, 5) is 0. The molecule has 0 fully saturated rings. The lowest BCUT2D eigenvalue weighted by Gasteiger charge is -2.17. The normalized spacial score (nSPS) is 12.2. The summed E-state index contributed by atoms with van der Waals surface area (Å²) in [6, 6.07) is 10.8. The van der Waals surface area contributed by atoms with Crippen molar-refractivity contribution in [3.05, 3.63) is 53.9 Å². The Morgan fingerprint density at radius 1 is 0.409 bits per heavy atom. The van der Waals surface area contributed by atoms with Crippen molar-refractivity contribution in [1.29, 1.82) is 0 Å². The highest BCUT2D eigenvalue weighted by Gasteiger charge is 2.26. The molecule has 1 aromatic rings. The third kappa shape index (κ3) is 25.4. The predicted octanol–water partition coefficient (Wildman–Crippen LogP) is 15.0. The minimum atomic E-state index is -2.23. The first-order valence-electron chi connectivity index (χ1n) is 19.8. The van der Waals surface area contributed by atoms with Crippen molar-refractivity contribution in [3.63, 3.8) is 0 Å². The minimum Gasteiger partial charge on any atom is -0.150 e. The van der Waals surface area contributed by atoms with Crippen LogP contribution in [0.3, 0.4) is 0 Å². The molecule has 0 aliphatic carbocycles. The van der Waals surface area contributed by atoms with Crippen LogP contribution in [0, 0.1) is 0 Å². The largest absolute Gasteiger partial charge is 0.233 e. The quantitative estimate of drug-likeness (QED) is 0.0406. The van der Waals surface area contributed by atoms with E-state index in [-0.39, 0.29) is 0 Å². The standard InChI is InChI=1S/C42H75ClSi/c1-3-5-7-9-11-13-15-17-19-21-23-25-27-29-31-36-40-44(43,42-38-34-33-35-39-42)41-37-32-30-28-26-24-22-20-18-16-14-12-10-8-6-4-2/h33-41H,3-32H2,1-2H3/b40-36+,41-37+. The Bertz CT molecular complexity index is 712. The van der Waals surface area contributed by atoms with Gasteiger partial charge in [0.2, 0.25) is 7.38 Å². The van der Waals surface area contributed by atoms with Gasteiger partial charge in [0, 0.05) is 0 Å². The van der Waals surface area contributed by atoms with Crippen LogP contribution in [-0.2, 0) is 0 Å². The predicted molar refractivity (Wildman–Crippen MR) is 206 cm³/mol. The SMILES string of the molecule is CCCCCCCCCCCCCCCC/C=C/[Si](Cl)(/C=C/CCCCCCCCCCCCCCCC)c1ccccc1. The maximum absolute atomic E-state index is 7.36. The zero-order valence-electron chi connectivity index (χ0n) is 29.8. The van der Waals surface area contributed by atoms with E-state index in [9.17, 15) is 0 Å². The molecule has 44 heavy (non-hydrogen) atoms. The molecule has 0 aliphatic heterocycles. The molecule has 0 N–H and O–H groups in total. The Balaban J connectivity index is 2.12. The summed E-state index contributed by atoms with van der Waals surface area (Å²) < 4.78 is 0. The number of rotatable bonds is 33. The summed E-state index contributed by atoms with van der Waals surface area (Å²) in [6.07, 6.45) is 46.8. The van der Waals surface area contributed by atoms with Gasteiger partial charge in [-0.2, -0.15) is 0 Å². The van der Waals surface area contributed by atoms with E-state index in [1.165, 1.54) is 198 Å². The fourth-order valence-corrected chi connectivity index (χ4v) is 9.50. The molecule has 254 valence electrons. The maximum atomic E-state index is 7.36. The van der Waals surface area contributed by atoms with Crippen LogP contribution in [0.2, 0.25) is 0 Å². The molecule has 0 nitrogen and oxygen atoms in total. The van der Waals surface area contributed by atoms with Crippen LogP contribution in [0.1, 0.15) is 206 Å². The van der Waals surface area contributed by atoms with E-state index in [0.717, 1.165) is 0 Å². The Morgan fingerprint density at radius 3 is 0.977 bits per heavy atom. The van der Waals surface area contributed by atoms with E-state index >= 15 is 0 Å². The summed E-state index contributed by atoms with van der Waals surface area (Å²) in [5.74, 6) is 0. The molecule has 1 aromatic carbocycles. The van der Waals surface area contributed by atoms with E-state index in [2.05, 4.69) is 67.7 Å². The topological polar surface area (TPSA) is 0 Å². The van der Waals surface area contributed by atoms with Crippen LogP contribution in [0.15, 0.2) is 53.9 Å². The average Bonchev–Trinajstić information content (AvgIpc) is 3.04. The summed E-state index contributed by atoms with van der Waals surface area (Å²) in [5.41, 5.74) is 4.77. The van der Waals surface area contributed by atoms with Gasteiger partial charge in [-0.05, 0) is 30.9 Å². The first-order valence-corrected chi connectivity index (χ1v) is 23.0. The van der Waals surface area contributed by atoms with Gasteiger partial charge in [-0.25, -0.2) is 0 Å². The van der Waals surface area contributed by atoms with Gasteiger partial charge < -0.3 is 0 Å². The molecule has 0 saturated heterocycles. The second kappa shape index (κ2) is 32.2. The smallest absolute Gasteiger partial charge is 0.150 e. The van der Waals surface area contributed by atoms with E-state index in [4.69, 9.17) is 11.1 Å². The molecule has 1 rings (SSSR count). The van der Waals surface area contributed by atoms with Crippen molar-refractivity contribution in [3.8, 4) is 0 Å². The number of halogens is 1. The summed E-state index contributed by atoms with van der Waals surface area (Å²) in [7, 11) is -2.23. The summed E-state index contributed by atoms with van der Waals surface area (Å²) in [6.45, 7) is 4.60. The second-order valence-corrected chi connectivity index (χ2v) is 18.4. The molecule has 0 unspecified atom stereocenters. The number of unbranched alkanes of at least 4 members (excludes halogenated alkanes) is 28. The lowest BCUT2D eigenvalue weighted by molar-refractivity contribution is 0.536. The van der Waals surface area contributed by atoms with Crippen LogP contribution in [0.4, 0.5) is 0 Å². The Morgan fingerprint density at radius 2 is 0.682 bits per heavy atom. The molecular weight excluding hydrogens is 568 g/mol. The molecule has 0 saturated carbocycles. The van der Waals surface area contributed by atoms with Crippen LogP contribution < -0.4 is 5.19 Å². The summed E-state index contributed by atoms with van der Waals surface area (Å²) in [5, 5.41) is 1.32. The molecular formula is C42H75ClSi. The highest BCUT2D eigenvalue weighted by atomic mass is 35.6. The zero-order chi connectivity index (χ0) is 31.7. The first-order chi connectivity index (χ1) is 21.7. The third-order valence-corrected chi connectivity index (χ3v) is 13.5. The van der Waals surface area contributed by atoms with Crippen molar-refractivity contribution in [2.24, 2.45) is 0 Å². The summed E-state index contributed by atoms with van der Waals surface area (Å²) >= 11 is 7.36. The van der Waals surface area contributed by atoms with E-state index in [1.54, 1.807) is 0 Å². The lowest BCUT2D eigenvalue weighted by Crippen LogP contribution is -2.38. The van der Waals surface area contributed by atoms with Crippen LogP contribution in [0.5, 0.6) is 0 Å². The van der Waals surface area contributed by atoms with Gasteiger partial charge in [-0.1, -0.05) is 235 Å². The van der Waals surface area contributed by atoms with Gasteiger partial charge in [0.25, 0.3) is 0 Å².